The standard InChI is InChI=1S/C24H19FNO/c1-14-12-19-18-10-9-17(25)13-22(18)27-24(19)23(15(14)2)21-11-8-16-6-4-5-7-20(16)26(21)3/h4-13H,1-3H3/q+1. The molecule has 0 bridgehead atoms. The molecule has 0 radical (unpaired) electrons. The summed E-state index contributed by atoms with van der Waals surface area (Å²) in [5.41, 5.74) is 7.07. The fourth-order valence-corrected chi connectivity index (χ4v) is 4.02. The van der Waals surface area contributed by atoms with Gasteiger partial charge in [0.05, 0.1) is 5.56 Å². The Bertz CT molecular complexity index is 1360. The smallest absolute Gasteiger partial charge is 0.216 e. The van der Waals surface area contributed by atoms with E-state index >= 15 is 0 Å². The summed E-state index contributed by atoms with van der Waals surface area (Å²) in [6, 6.07) is 19.5. The summed E-state index contributed by atoms with van der Waals surface area (Å²) >= 11 is 0. The van der Waals surface area contributed by atoms with Crippen molar-refractivity contribution in [1.29, 1.82) is 0 Å². The van der Waals surface area contributed by atoms with Gasteiger partial charge in [-0.05, 0) is 55.3 Å². The summed E-state index contributed by atoms with van der Waals surface area (Å²) in [6.45, 7) is 4.23. The molecule has 0 aliphatic rings. The third-order valence-electron chi connectivity index (χ3n) is 5.58. The highest BCUT2D eigenvalue weighted by atomic mass is 19.1. The molecule has 2 heterocycles. The van der Waals surface area contributed by atoms with Crippen molar-refractivity contribution in [2.75, 3.05) is 0 Å². The first kappa shape index (κ1) is 16.0. The van der Waals surface area contributed by atoms with Gasteiger partial charge in [-0.2, -0.15) is 4.57 Å². The number of para-hydroxylation sites is 1. The van der Waals surface area contributed by atoms with Gasteiger partial charge < -0.3 is 4.42 Å². The molecule has 0 saturated carbocycles. The van der Waals surface area contributed by atoms with Crippen molar-refractivity contribution in [2.24, 2.45) is 7.05 Å². The minimum Gasteiger partial charge on any atom is -0.455 e. The molecule has 27 heavy (non-hydrogen) atoms. The number of furan rings is 1. The van der Waals surface area contributed by atoms with Crippen LogP contribution >= 0.6 is 0 Å². The lowest BCUT2D eigenvalue weighted by Gasteiger charge is -2.10. The van der Waals surface area contributed by atoms with Crippen LogP contribution in [0.2, 0.25) is 0 Å². The number of aromatic nitrogens is 1. The van der Waals surface area contributed by atoms with Gasteiger partial charge in [-0.1, -0.05) is 12.1 Å². The predicted octanol–water partition coefficient (Wildman–Crippen LogP) is 5.99. The zero-order chi connectivity index (χ0) is 18.7. The van der Waals surface area contributed by atoms with E-state index in [2.05, 4.69) is 61.9 Å². The van der Waals surface area contributed by atoms with Gasteiger partial charge in [-0.25, -0.2) is 4.39 Å². The van der Waals surface area contributed by atoms with Crippen LogP contribution in [0.5, 0.6) is 0 Å². The summed E-state index contributed by atoms with van der Waals surface area (Å²) in [6.07, 6.45) is 0. The lowest BCUT2D eigenvalue weighted by molar-refractivity contribution is -0.633. The average molecular weight is 356 g/mol. The van der Waals surface area contributed by atoms with E-state index in [4.69, 9.17) is 4.42 Å². The average Bonchev–Trinajstić information content (AvgIpc) is 3.01. The number of aryl methyl sites for hydroxylation is 2. The van der Waals surface area contributed by atoms with Crippen LogP contribution in [0.15, 0.2) is 65.1 Å². The van der Waals surface area contributed by atoms with Crippen LogP contribution in [0.25, 0.3) is 44.1 Å². The third-order valence-corrected chi connectivity index (χ3v) is 5.58. The van der Waals surface area contributed by atoms with Crippen molar-refractivity contribution in [2.45, 2.75) is 13.8 Å². The minimum absolute atomic E-state index is 0.284. The minimum atomic E-state index is -0.284. The largest absolute Gasteiger partial charge is 0.455 e. The van der Waals surface area contributed by atoms with E-state index in [-0.39, 0.29) is 5.82 Å². The van der Waals surface area contributed by atoms with Crippen molar-refractivity contribution >= 4 is 32.8 Å². The maximum atomic E-state index is 13.7. The first-order valence-electron chi connectivity index (χ1n) is 9.05. The molecule has 0 amide bonds. The number of hydrogen-bond donors (Lipinski definition) is 0. The van der Waals surface area contributed by atoms with E-state index < -0.39 is 0 Å². The third kappa shape index (κ3) is 2.28. The molecule has 5 aromatic rings. The van der Waals surface area contributed by atoms with Gasteiger partial charge in [0.15, 0.2) is 0 Å². The number of fused-ring (bicyclic) bond motifs is 4. The fraction of sp³-hybridized carbons (Fsp3) is 0.125. The number of benzene rings is 3. The van der Waals surface area contributed by atoms with Gasteiger partial charge in [0.2, 0.25) is 11.2 Å². The van der Waals surface area contributed by atoms with Crippen LogP contribution in [-0.2, 0) is 7.05 Å². The van der Waals surface area contributed by atoms with Gasteiger partial charge in [-0.15, -0.1) is 0 Å². The molecule has 3 aromatic carbocycles. The Balaban J connectivity index is 1.94. The number of rotatable bonds is 1. The zero-order valence-electron chi connectivity index (χ0n) is 15.5. The molecule has 0 atom stereocenters. The Labute approximate surface area is 156 Å². The Hall–Kier alpha value is -3.20. The van der Waals surface area contributed by atoms with Crippen molar-refractivity contribution in [1.82, 2.24) is 0 Å². The molecule has 0 fully saturated rings. The summed E-state index contributed by atoms with van der Waals surface area (Å²) in [4.78, 5) is 0. The molecule has 132 valence electrons. The van der Waals surface area contributed by atoms with Gasteiger partial charge in [0.1, 0.15) is 24.0 Å². The highest BCUT2D eigenvalue weighted by molar-refractivity contribution is 6.10. The SMILES string of the molecule is Cc1cc2c(oc3cc(F)ccc32)c(-c2ccc3ccccc3[n+]2C)c1C. The lowest BCUT2D eigenvalue weighted by atomic mass is 9.96. The molecule has 0 unspecified atom stereocenters. The van der Waals surface area contributed by atoms with Crippen LogP contribution in [0.3, 0.4) is 0 Å². The number of halogens is 1. The monoisotopic (exact) mass is 356 g/mol. The summed E-state index contributed by atoms with van der Waals surface area (Å²) < 4.78 is 22.1. The van der Waals surface area contributed by atoms with E-state index in [1.54, 1.807) is 6.07 Å². The van der Waals surface area contributed by atoms with Crippen LogP contribution in [0, 0.1) is 19.7 Å². The van der Waals surface area contributed by atoms with Crippen LogP contribution in [0.4, 0.5) is 4.39 Å². The Morgan fingerprint density at radius 1 is 0.889 bits per heavy atom. The van der Waals surface area contributed by atoms with Crippen LogP contribution in [-0.4, -0.2) is 0 Å². The molecule has 5 rings (SSSR count). The lowest BCUT2D eigenvalue weighted by Crippen LogP contribution is -2.32. The van der Waals surface area contributed by atoms with Crippen molar-refractivity contribution < 1.29 is 13.4 Å². The maximum Gasteiger partial charge on any atom is 0.216 e. The number of nitrogens with zero attached hydrogens (tertiary/aromatic N) is 1. The van der Waals surface area contributed by atoms with Crippen LogP contribution < -0.4 is 4.57 Å². The Morgan fingerprint density at radius 2 is 1.70 bits per heavy atom. The summed E-state index contributed by atoms with van der Waals surface area (Å²) in [5, 5.41) is 3.16. The second-order valence-electron chi connectivity index (χ2n) is 7.15. The molecule has 3 heteroatoms. The normalized spacial score (nSPS) is 11.7. The molecule has 0 spiro atoms. The first-order valence-corrected chi connectivity index (χ1v) is 9.05. The van der Waals surface area contributed by atoms with Crippen molar-refractivity contribution in [3.8, 4) is 11.3 Å². The van der Waals surface area contributed by atoms with E-state index in [1.165, 1.54) is 28.6 Å². The van der Waals surface area contributed by atoms with Crippen LogP contribution in [0.1, 0.15) is 11.1 Å². The quantitative estimate of drug-likeness (QED) is 0.337. The van der Waals surface area contributed by atoms with E-state index in [9.17, 15) is 4.39 Å². The molecule has 0 aliphatic heterocycles. The van der Waals surface area contributed by atoms with Crippen molar-refractivity contribution in [3.05, 3.63) is 77.6 Å². The second kappa shape index (κ2) is 5.65. The predicted molar refractivity (Wildman–Crippen MR) is 107 cm³/mol. The van der Waals surface area contributed by atoms with Crippen molar-refractivity contribution in [3.63, 3.8) is 0 Å². The Kier molecular flexibility index (Phi) is 3.35. The molecule has 2 nitrogen and oxygen atoms in total. The molecule has 0 saturated heterocycles. The summed E-state index contributed by atoms with van der Waals surface area (Å²) in [7, 11) is 2.08. The highest BCUT2D eigenvalue weighted by Crippen LogP contribution is 2.38. The van der Waals surface area contributed by atoms with E-state index in [0.717, 1.165) is 33.1 Å². The first-order chi connectivity index (χ1) is 13.0. The molecular formula is C24H19FNO+. The fourth-order valence-electron chi connectivity index (χ4n) is 4.02. The number of hydrogen-bond acceptors (Lipinski definition) is 1. The molecule has 0 aliphatic carbocycles. The zero-order valence-corrected chi connectivity index (χ0v) is 15.5. The van der Waals surface area contributed by atoms with E-state index in [1.807, 2.05) is 6.07 Å². The highest BCUT2D eigenvalue weighted by Gasteiger charge is 2.23. The molecule has 2 aromatic heterocycles. The Morgan fingerprint density at radius 3 is 2.56 bits per heavy atom. The maximum absolute atomic E-state index is 13.7. The molecule has 0 N–H and O–H groups in total. The van der Waals surface area contributed by atoms with Gasteiger partial charge >= 0.3 is 0 Å². The van der Waals surface area contributed by atoms with Gasteiger partial charge in [0.25, 0.3) is 0 Å². The van der Waals surface area contributed by atoms with Gasteiger partial charge in [-0.3, -0.25) is 0 Å². The summed E-state index contributed by atoms with van der Waals surface area (Å²) in [5.74, 6) is -0.284. The van der Waals surface area contributed by atoms with E-state index in [0.29, 0.717) is 5.58 Å². The topological polar surface area (TPSA) is 17.0 Å². The molecular weight excluding hydrogens is 337 g/mol. The number of pyridine rings is 1. The second-order valence-corrected chi connectivity index (χ2v) is 7.15. The van der Waals surface area contributed by atoms with Gasteiger partial charge in [0, 0.05) is 34.4 Å².